The summed E-state index contributed by atoms with van der Waals surface area (Å²) in [4.78, 5) is 14.7. The van der Waals surface area contributed by atoms with Crippen LogP contribution in [0.15, 0.2) is 18.2 Å². The Morgan fingerprint density at radius 2 is 2.11 bits per heavy atom. The summed E-state index contributed by atoms with van der Waals surface area (Å²) in [5, 5.41) is 8.85. The van der Waals surface area contributed by atoms with Gasteiger partial charge in [0.25, 0.3) is 0 Å². The molecule has 0 aromatic heterocycles. The van der Waals surface area contributed by atoms with Crippen LogP contribution in [-0.4, -0.2) is 47.7 Å². The van der Waals surface area contributed by atoms with Gasteiger partial charge < -0.3 is 14.9 Å². The number of hydrogen-bond donors (Lipinski definition) is 1. The van der Waals surface area contributed by atoms with E-state index in [4.69, 9.17) is 5.11 Å². The summed E-state index contributed by atoms with van der Waals surface area (Å²) in [5.41, 5.74) is 0.546. The number of aliphatic hydroxyl groups is 1. The van der Waals surface area contributed by atoms with Crippen LogP contribution >= 0.6 is 0 Å². The maximum Gasteiger partial charge on any atom is 0.320 e. The molecule has 1 aliphatic heterocycles. The summed E-state index contributed by atoms with van der Waals surface area (Å²) in [6.45, 7) is 0.481. The highest BCUT2D eigenvalue weighted by Crippen LogP contribution is 2.28. The number of β-amino-alcohol motifs (C(OH)–C–C–N with tert-alkyl or cyclic N) is 1. The molecule has 4 nitrogen and oxygen atoms in total. The molecule has 1 atom stereocenters. The van der Waals surface area contributed by atoms with E-state index in [9.17, 15) is 13.6 Å². The Balaban J connectivity index is 2.23. The second kappa shape index (κ2) is 4.89. The number of hydrogen-bond acceptors (Lipinski definition) is 2. The van der Waals surface area contributed by atoms with Gasteiger partial charge in [-0.25, -0.2) is 13.6 Å². The van der Waals surface area contributed by atoms with Crippen molar-refractivity contribution in [2.45, 2.75) is 6.04 Å². The molecule has 98 valence electrons. The largest absolute Gasteiger partial charge is 0.395 e. The monoisotopic (exact) mass is 256 g/mol. The maximum absolute atomic E-state index is 13.2. The van der Waals surface area contributed by atoms with Gasteiger partial charge in [-0.2, -0.15) is 0 Å². The quantitative estimate of drug-likeness (QED) is 0.887. The minimum absolute atomic E-state index is 0.121. The summed E-state index contributed by atoms with van der Waals surface area (Å²) in [5.74, 6) is -1.83. The summed E-state index contributed by atoms with van der Waals surface area (Å²) in [6.07, 6.45) is 0. The average molecular weight is 256 g/mol. The van der Waals surface area contributed by atoms with Gasteiger partial charge in [0.2, 0.25) is 0 Å². The highest BCUT2D eigenvalue weighted by Gasteiger charge is 2.35. The number of carbonyl (C=O) groups excluding carboxylic acids is 1. The van der Waals surface area contributed by atoms with Crippen molar-refractivity contribution in [3.05, 3.63) is 35.4 Å². The predicted molar refractivity (Wildman–Crippen MR) is 60.9 cm³/mol. The zero-order chi connectivity index (χ0) is 13.3. The van der Waals surface area contributed by atoms with Crippen molar-refractivity contribution in [2.75, 3.05) is 26.7 Å². The summed E-state index contributed by atoms with van der Waals surface area (Å²) < 4.78 is 26.0. The molecule has 2 rings (SSSR count). The third-order valence-electron chi connectivity index (χ3n) is 3.13. The Hall–Kier alpha value is -1.69. The van der Waals surface area contributed by atoms with Crippen LogP contribution in [0.2, 0.25) is 0 Å². The fourth-order valence-corrected chi connectivity index (χ4v) is 2.12. The lowest BCUT2D eigenvalue weighted by Crippen LogP contribution is -2.31. The molecular weight excluding hydrogens is 242 g/mol. The fraction of sp³-hybridized carbons (Fsp3) is 0.417. The zero-order valence-corrected chi connectivity index (χ0v) is 9.94. The molecule has 1 aromatic rings. The van der Waals surface area contributed by atoms with Crippen molar-refractivity contribution >= 4 is 6.03 Å². The third kappa shape index (κ3) is 2.15. The van der Waals surface area contributed by atoms with Crippen LogP contribution in [0.4, 0.5) is 13.6 Å². The van der Waals surface area contributed by atoms with Crippen molar-refractivity contribution in [3.8, 4) is 0 Å². The Labute approximate surface area is 103 Å². The Kier molecular flexibility index (Phi) is 3.47. The van der Waals surface area contributed by atoms with Gasteiger partial charge >= 0.3 is 6.03 Å². The maximum atomic E-state index is 13.2. The molecule has 1 aliphatic rings. The van der Waals surface area contributed by atoms with E-state index in [2.05, 4.69) is 0 Å². The van der Waals surface area contributed by atoms with E-state index in [1.54, 1.807) is 7.05 Å². The number of aliphatic hydroxyl groups excluding tert-OH is 1. The molecule has 1 saturated heterocycles. The van der Waals surface area contributed by atoms with E-state index >= 15 is 0 Å². The molecule has 18 heavy (non-hydrogen) atoms. The van der Waals surface area contributed by atoms with Crippen molar-refractivity contribution in [1.29, 1.82) is 0 Å². The van der Waals surface area contributed by atoms with Crippen LogP contribution in [-0.2, 0) is 0 Å². The molecule has 0 saturated carbocycles. The number of likely N-dealkylation sites (N-methyl/N-ethyl adjacent to an activating group) is 1. The number of carbonyl (C=O) groups is 1. The van der Waals surface area contributed by atoms with E-state index in [0.717, 1.165) is 12.1 Å². The van der Waals surface area contributed by atoms with Crippen LogP contribution in [0.3, 0.4) is 0 Å². The number of halogens is 2. The smallest absolute Gasteiger partial charge is 0.320 e. The number of amides is 2. The van der Waals surface area contributed by atoms with Crippen molar-refractivity contribution in [2.24, 2.45) is 0 Å². The molecule has 1 N–H and O–H groups in total. The van der Waals surface area contributed by atoms with E-state index < -0.39 is 11.6 Å². The van der Waals surface area contributed by atoms with E-state index in [1.807, 2.05) is 0 Å². The Morgan fingerprint density at radius 1 is 1.39 bits per heavy atom. The normalized spacial score (nSPS) is 19.8. The number of rotatable bonds is 3. The molecule has 2 amide bonds. The lowest BCUT2D eigenvalue weighted by molar-refractivity contribution is 0.182. The first-order valence-corrected chi connectivity index (χ1v) is 5.62. The lowest BCUT2D eigenvalue weighted by atomic mass is 10.1. The highest BCUT2D eigenvalue weighted by atomic mass is 19.2. The first-order chi connectivity index (χ1) is 8.54. The topological polar surface area (TPSA) is 43.8 Å². The molecule has 1 unspecified atom stereocenters. The van der Waals surface area contributed by atoms with Crippen LogP contribution < -0.4 is 0 Å². The van der Waals surface area contributed by atoms with E-state index in [-0.39, 0.29) is 25.2 Å². The average Bonchev–Trinajstić information content (AvgIpc) is 2.62. The minimum Gasteiger partial charge on any atom is -0.395 e. The van der Waals surface area contributed by atoms with Gasteiger partial charge in [-0.3, -0.25) is 0 Å². The van der Waals surface area contributed by atoms with Gasteiger partial charge in [-0.05, 0) is 17.7 Å². The molecule has 1 fully saturated rings. The standard InChI is InChI=1S/C12H14F2N2O2/c1-15-11(7-16(4-5-17)12(15)18)8-2-3-9(13)10(14)6-8/h2-3,6,11,17H,4-5,7H2,1H3. The van der Waals surface area contributed by atoms with Crippen molar-refractivity contribution < 1.29 is 18.7 Å². The van der Waals surface area contributed by atoms with Crippen molar-refractivity contribution in [1.82, 2.24) is 9.80 Å². The van der Waals surface area contributed by atoms with Crippen LogP contribution in [0.5, 0.6) is 0 Å². The van der Waals surface area contributed by atoms with Gasteiger partial charge in [0.05, 0.1) is 12.6 Å². The molecule has 0 bridgehead atoms. The summed E-state index contributed by atoms with van der Waals surface area (Å²) >= 11 is 0. The first-order valence-electron chi connectivity index (χ1n) is 5.62. The van der Waals surface area contributed by atoms with Crippen molar-refractivity contribution in [3.63, 3.8) is 0 Å². The molecular formula is C12H14F2N2O2. The minimum atomic E-state index is -0.922. The first kappa shape index (κ1) is 12.8. The van der Waals surface area contributed by atoms with E-state index in [0.29, 0.717) is 12.1 Å². The molecule has 6 heteroatoms. The molecule has 1 aromatic carbocycles. The fourth-order valence-electron chi connectivity index (χ4n) is 2.12. The lowest BCUT2D eigenvalue weighted by Gasteiger charge is -2.18. The number of nitrogens with zero attached hydrogens (tertiary/aromatic N) is 2. The molecule has 0 radical (unpaired) electrons. The molecule has 1 heterocycles. The van der Waals surface area contributed by atoms with Crippen LogP contribution in [0.1, 0.15) is 11.6 Å². The Bertz CT molecular complexity index is 467. The van der Waals surface area contributed by atoms with Gasteiger partial charge in [0.1, 0.15) is 0 Å². The summed E-state index contributed by atoms with van der Waals surface area (Å²) in [6, 6.07) is 3.08. The predicted octanol–water partition coefficient (Wildman–Crippen LogP) is 1.37. The zero-order valence-electron chi connectivity index (χ0n) is 9.94. The Morgan fingerprint density at radius 3 is 2.72 bits per heavy atom. The van der Waals surface area contributed by atoms with Crippen LogP contribution in [0.25, 0.3) is 0 Å². The van der Waals surface area contributed by atoms with Crippen LogP contribution in [0, 0.1) is 11.6 Å². The second-order valence-electron chi connectivity index (χ2n) is 4.25. The van der Waals surface area contributed by atoms with Gasteiger partial charge in [-0.15, -0.1) is 0 Å². The summed E-state index contributed by atoms with van der Waals surface area (Å²) in [7, 11) is 1.60. The number of urea groups is 1. The third-order valence-corrected chi connectivity index (χ3v) is 3.13. The van der Waals surface area contributed by atoms with Gasteiger partial charge in [0, 0.05) is 20.1 Å². The molecule has 0 spiro atoms. The van der Waals surface area contributed by atoms with E-state index in [1.165, 1.54) is 15.9 Å². The SMILES string of the molecule is CN1C(=O)N(CCO)CC1c1ccc(F)c(F)c1. The number of benzene rings is 1. The highest BCUT2D eigenvalue weighted by molar-refractivity contribution is 5.77. The second-order valence-corrected chi connectivity index (χ2v) is 4.25. The van der Waals surface area contributed by atoms with Gasteiger partial charge in [-0.1, -0.05) is 6.07 Å². The van der Waals surface area contributed by atoms with Gasteiger partial charge in [0.15, 0.2) is 11.6 Å². The molecule has 0 aliphatic carbocycles.